The molecule has 0 saturated heterocycles. The van der Waals surface area contributed by atoms with Crippen molar-refractivity contribution in [3.8, 4) is 0 Å². The van der Waals surface area contributed by atoms with Crippen LogP contribution in [0, 0.1) is 0 Å². The first-order chi connectivity index (χ1) is 9.88. The van der Waals surface area contributed by atoms with Crippen LogP contribution in [0.3, 0.4) is 0 Å². The van der Waals surface area contributed by atoms with E-state index in [1.807, 2.05) is 27.8 Å². The van der Waals surface area contributed by atoms with Crippen LogP contribution in [-0.4, -0.2) is 31.7 Å². The minimum absolute atomic E-state index is 0.226. The maximum Gasteiger partial charge on any atom is 0.265 e. The molecule has 2 rings (SSSR count). The zero-order valence-electron chi connectivity index (χ0n) is 12.4. The Balaban J connectivity index is 2.10. The Morgan fingerprint density at radius 1 is 1.43 bits per heavy atom. The van der Waals surface area contributed by atoms with Gasteiger partial charge in [-0.25, -0.2) is 4.98 Å². The maximum atomic E-state index is 12.3. The predicted molar refractivity (Wildman–Crippen MR) is 82.2 cm³/mol. The van der Waals surface area contributed by atoms with Crippen LogP contribution < -0.4 is 16.4 Å². The number of hydrogen-bond acceptors (Lipinski definition) is 7. The van der Waals surface area contributed by atoms with Crippen molar-refractivity contribution < 1.29 is 4.79 Å². The summed E-state index contributed by atoms with van der Waals surface area (Å²) in [6.45, 7) is 5.83. The van der Waals surface area contributed by atoms with Crippen molar-refractivity contribution in [2.24, 2.45) is 7.05 Å². The third kappa shape index (κ3) is 3.48. The average molecular weight is 309 g/mol. The number of nitrogens with zero attached hydrogens (tertiary/aromatic N) is 4. The molecule has 114 valence electrons. The fraction of sp³-hybridized carbons (Fsp3) is 0.500. The Bertz CT molecular complexity index is 633. The molecule has 21 heavy (non-hydrogen) atoms. The molecular formula is C12H19N7OS. The molecule has 0 aliphatic rings. The summed E-state index contributed by atoms with van der Waals surface area (Å²) in [5.74, 6) is 0.634. The van der Waals surface area contributed by atoms with E-state index >= 15 is 0 Å². The zero-order valence-corrected chi connectivity index (χ0v) is 13.2. The minimum Gasteiger partial charge on any atom is -0.382 e. The fourth-order valence-electron chi connectivity index (χ4n) is 1.81. The number of thiazole rings is 1. The average Bonchev–Trinajstić information content (AvgIpc) is 2.94. The van der Waals surface area contributed by atoms with Gasteiger partial charge in [-0.3, -0.25) is 4.79 Å². The largest absolute Gasteiger partial charge is 0.382 e. The van der Waals surface area contributed by atoms with Gasteiger partial charge in [0, 0.05) is 13.1 Å². The summed E-state index contributed by atoms with van der Waals surface area (Å²) in [6.07, 6.45) is 1.59. The van der Waals surface area contributed by atoms with Crippen molar-refractivity contribution in [2.75, 3.05) is 11.1 Å². The van der Waals surface area contributed by atoms with Gasteiger partial charge in [-0.15, -0.1) is 10.2 Å². The van der Waals surface area contributed by atoms with Crippen molar-refractivity contribution in [2.45, 2.75) is 32.9 Å². The topological polar surface area (TPSA) is 111 Å². The molecule has 0 bridgehead atoms. The number of carbonyl (C=O) groups excluding carboxylic acids is 1. The monoisotopic (exact) mass is 309 g/mol. The van der Waals surface area contributed by atoms with E-state index in [1.54, 1.807) is 10.9 Å². The standard InChI is InChI=1S/C12H19N7OS/c1-6(2)15-12-17-9(13)8(21-12)11(20)16-7(3)10-18-14-5-19(10)4/h5-7H,13H2,1-4H3,(H,15,17)(H,16,20). The highest BCUT2D eigenvalue weighted by atomic mass is 32.1. The molecule has 0 radical (unpaired) electrons. The lowest BCUT2D eigenvalue weighted by molar-refractivity contribution is 0.0942. The molecule has 0 aromatic carbocycles. The summed E-state index contributed by atoms with van der Waals surface area (Å²) in [4.78, 5) is 16.8. The first-order valence-electron chi connectivity index (χ1n) is 6.56. The summed E-state index contributed by atoms with van der Waals surface area (Å²) >= 11 is 1.24. The zero-order chi connectivity index (χ0) is 15.6. The van der Waals surface area contributed by atoms with E-state index in [9.17, 15) is 4.79 Å². The van der Waals surface area contributed by atoms with Crippen LogP contribution in [0.1, 0.15) is 42.3 Å². The minimum atomic E-state index is -0.270. The van der Waals surface area contributed by atoms with Gasteiger partial charge in [0.15, 0.2) is 11.0 Å². The highest BCUT2D eigenvalue weighted by Gasteiger charge is 2.20. The van der Waals surface area contributed by atoms with E-state index in [1.165, 1.54) is 11.3 Å². The highest BCUT2D eigenvalue weighted by Crippen LogP contribution is 2.26. The lowest BCUT2D eigenvalue weighted by Crippen LogP contribution is -2.28. The molecule has 1 unspecified atom stereocenters. The van der Waals surface area contributed by atoms with Crippen LogP contribution in [0.4, 0.5) is 10.9 Å². The smallest absolute Gasteiger partial charge is 0.265 e. The van der Waals surface area contributed by atoms with Crippen LogP contribution in [0.15, 0.2) is 6.33 Å². The Kier molecular flexibility index (Phi) is 4.41. The van der Waals surface area contributed by atoms with Crippen molar-refractivity contribution in [1.29, 1.82) is 0 Å². The van der Waals surface area contributed by atoms with Crippen LogP contribution in [0.5, 0.6) is 0 Å². The van der Waals surface area contributed by atoms with Crippen LogP contribution in [0.2, 0.25) is 0 Å². The second-order valence-corrected chi connectivity index (χ2v) is 6.03. The second-order valence-electron chi connectivity index (χ2n) is 5.03. The molecular weight excluding hydrogens is 290 g/mol. The van der Waals surface area contributed by atoms with Crippen LogP contribution in [-0.2, 0) is 7.05 Å². The van der Waals surface area contributed by atoms with Crippen molar-refractivity contribution in [3.63, 3.8) is 0 Å². The first-order valence-corrected chi connectivity index (χ1v) is 7.37. The van der Waals surface area contributed by atoms with Crippen molar-refractivity contribution in [3.05, 3.63) is 17.0 Å². The van der Waals surface area contributed by atoms with Gasteiger partial charge in [0.05, 0.1) is 6.04 Å². The lowest BCUT2D eigenvalue weighted by atomic mass is 10.3. The molecule has 0 aliphatic carbocycles. The quantitative estimate of drug-likeness (QED) is 0.764. The molecule has 8 nitrogen and oxygen atoms in total. The molecule has 0 saturated carbocycles. The van der Waals surface area contributed by atoms with Gasteiger partial charge in [0.25, 0.3) is 5.91 Å². The van der Waals surface area contributed by atoms with Gasteiger partial charge < -0.3 is 20.9 Å². The number of aromatic nitrogens is 4. The maximum absolute atomic E-state index is 12.3. The van der Waals surface area contributed by atoms with E-state index in [0.29, 0.717) is 15.8 Å². The number of rotatable bonds is 5. The third-order valence-corrected chi connectivity index (χ3v) is 3.75. The molecule has 2 aromatic heterocycles. The number of anilines is 2. The van der Waals surface area contributed by atoms with E-state index in [-0.39, 0.29) is 23.8 Å². The van der Waals surface area contributed by atoms with Crippen LogP contribution >= 0.6 is 11.3 Å². The molecule has 0 aliphatic heterocycles. The molecule has 0 spiro atoms. The summed E-state index contributed by atoms with van der Waals surface area (Å²) in [5.41, 5.74) is 5.81. The SMILES string of the molecule is CC(C)Nc1nc(N)c(C(=O)NC(C)c2nncn2C)s1. The molecule has 4 N–H and O–H groups in total. The molecule has 0 fully saturated rings. The Morgan fingerprint density at radius 3 is 2.71 bits per heavy atom. The van der Waals surface area contributed by atoms with Crippen molar-refractivity contribution in [1.82, 2.24) is 25.1 Å². The van der Waals surface area contributed by atoms with Gasteiger partial charge in [-0.05, 0) is 20.8 Å². The van der Waals surface area contributed by atoms with Gasteiger partial charge in [-0.1, -0.05) is 11.3 Å². The van der Waals surface area contributed by atoms with E-state index in [2.05, 4.69) is 25.8 Å². The van der Waals surface area contributed by atoms with Crippen LogP contribution in [0.25, 0.3) is 0 Å². The number of aryl methyl sites for hydroxylation is 1. The van der Waals surface area contributed by atoms with Crippen molar-refractivity contribution >= 4 is 28.2 Å². The Labute approximate surface area is 126 Å². The molecule has 2 aromatic rings. The Hall–Kier alpha value is -2.16. The fourth-order valence-corrected chi connectivity index (χ4v) is 2.75. The second kappa shape index (κ2) is 6.08. The number of nitrogens with one attached hydrogen (secondary N) is 2. The molecule has 9 heteroatoms. The third-order valence-electron chi connectivity index (χ3n) is 2.75. The van der Waals surface area contributed by atoms with E-state index in [4.69, 9.17) is 5.73 Å². The summed E-state index contributed by atoms with van der Waals surface area (Å²) in [6, 6.07) is -0.0444. The van der Waals surface area contributed by atoms with E-state index in [0.717, 1.165) is 0 Å². The number of nitrogen functional groups attached to an aromatic ring is 1. The van der Waals surface area contributed by atoms with Gasteiger partial charge in [0.2, 0.25) is 0 Å². The van der Waals surface area contributed by atoms with Gasteiger partial charge in [0.1, 0.15) is 17.0 Å². The summed E-state index contributed by atoms with van der Waals surface area (Å²) < 4.78 is 1.76. The summed E-state index contributed by atoms with van der Waals surface area (Å²) in [5, 5.41) is 14.4. The molecule has 1 atom stereocenters. The molecule has 1 amide bonds. The number of nitrogens with two attached hydrogens (primary N) is 1. The summed E-state index contributed by atoms with van der Waals surface area (Å²) in [7, 11) is 1.82. The lowest BCUT2D eigenvalue weighted by Gasteiger charge is -2.12. The van der Waals surface area contributed by atoms with Gasteiger partial charge >= 0.3 is 0 Å². The number of amides is 1. The first kappa shape index (κ1) is 15.2. The normalized spacial score (nSPS) is 12.4. The number of carbonyl (C=O) groups is 1. The van der Waals surface area contributed by atoms with E-state index < -0.39 is 0 Å². The molecule has 2 heterocycles. The Morgan fingerprint density at radius 2 is 2.14 bits per heavy atom. The van der Waals surface area contributed by atoms with Gasteiger partial charge in [-0.2, -0.15) is 0 Å². The predicted octanol–water partition coefficient (Wildman–Crippen LogP) is 1.17. The highest BCUT2D eigenvalue weighted by molar-refractivity contribution is 7.18. The number of hydrogen-bond donors (Lipinski definition) is 3.